The number of urea groups is 1. The first-order valence-corrected chi connectivity index (χ1v) is 14.7. The number of amides is 2. The highest BCUT2D eigenvalue weighted by Gasteiger charge is 2.53. The Morgan fingerprint density at radius 1 is 1.00 bits per heavy atom. The van der Waals surface area contributed by atoms with Crippen LogP contribution in [0.5, 0.6) is 11.5 Å². The normalized spacial score (nSPS) is 21.8. The lowest BCUT2D eigenvalue weighted by Gasteiger charge is -2.44. The van der Waals surface area contributed by atoms with Crippen molar-refractivity contribution in [1.29, 1.82) is 0 Å². The van der Waals surface area contributed by atoms with Crippen LogP contribution in [0.25, 0.3) is 0 Å². The van der Waals surface area contributed by atoms with Crippen molar-refractivity contribution in [2.75, 3.05) is 18.0 Å². The molecule has 0 saturated carbocycles. The number of aromatic hydroxyl groups is 1. The fourth-order valence-electron chi connectivity index (χ4n) is 4.02. The standard InChI is InChI=1S/C26H35N2O13P/c1-5-6-7-8-12-27-26(33)28-19-10-9-18(14-20(19)32)40-25-24(39-17(4)31)23(38-16(3)30)22(37-15(2)29)21(41-25)11-13-42(34,35)36/h1,9-10,14,21-25,32H,6-8,11-13H2,2-4H3,(H2,27,28,33)(H2,34,35,36)/t21-,22-,23+,24+,25+/m1/s1. The number of unbranched alkanes of at least 4 members (excludes halogenated alkanes) is 2. The molecule has 5 N–H and O–H groups in total. The van der Waals surface area contributed by atoms with Gasteiger partial charge in [-0.25, -0.2) is 4.79 Å². The summed E-state index contributed by atoms with van der Waals surface area (Å²) in [7, 11) is -4.54. The van der Waals surface area contributed by atoms with Gasteiger partial charge >= 0.3 is 31.5 Å². The summed E-state index contributed by atoms with van der Waals surface area (Å²) in [6.45, 7) is 3.55. The third-order valence-electron chi connectivity index (χ3n) is 5.71. The zero-order chi connectivity index (χ0) is 31.4. The molecule has 5 atom stereocenters. The third-order valence-corrected chi connectivity index (χ3v) is 6.55. The van der Waals surface area contributed by atoms with Crippen molar-refractivity contribution in [1.82, 2.24) is 5.32 Å². The van der Waals surface area contributed by atoms with Crippen LogP contribution in [0.3, 0.4) is 0 Å². The van der Waals surface area contributed by atoms with Crippen molar-refractivity contribution < 1.29 is 62.3 Å². The summed E-state index contributed by atoms with van der Waals surface area (Å²) < 4.78 is 39.1. The lowest BCUT2D eigenvalue weighted by molar-refractivity contribution is -0.283. The summed E-state index contributed by atoms with van der Waals surface area (Å²) in [6.07, 6.45) is -1.11. The highest BCUT2D eigenvalue weighted by Crippen LogP contribution is 2.39. The number of rotatable bonds is 13. The first-order valence-electron chi connectivity index (χ1n) is 12.9. The van der Waals surface area contributed by atoms with Crippen molar-refractivity contribution in [2.45, 2.75) is 77.2 Å². The first-order chi connectivity index (χ1) is 19.7. The van der Waals surface area contributed by atoms with Crippen LogP contribution in [0.15, 0.2) is 18.2 Å². The zero-order valence-corrected chi connectivity index (χ0v) is 24.2. The Bertz CT molecular complexity index is 1210. The number of nitrogens with one attached hydrogen (secondary N) is 2. The van der Waals surface area contributed by atoms with Gasteiger partial charge in [0.25, 0.3) is 0 Å². The van der Waals surface area contributed by atoms with Gasteiger partial charge in [-0.05, 0) is 31.4 Å². The van der Waals surface area contributed by atoms with E-state index in [4.69, 9.17) is 30.1 Å². The van der Waals surface area contributed by atoms with E-state index in [1.54, 1.807) is 0 Å². The first kappa shape index (κ1) is 34.4. The number of phenolic OH excluding ortho intramolecular Hbond substituents is 1. The van der Waals surface area contributed by atoms with Gasteiger partial charge in [0.05, 0.1) is 11.8 Å². The van der Waals surface area contributed by atoms with Crippen LogP contribution in [-0.4, -0.2) is 82.2 Å². The number of esters is 3. The van der Waals surface area contributed by atoms with Gasteiger partial charge in [0.15, 0.2) is 12.2 Å². The Labute approximate surface area is 242 Å². The molecule has 0 aliphatic carbocycles. The summed E-state index contributed by atoms with van der Waals surface area (Å²) in [4.78, 5) is 66.7. The van der Waals surface area contributed by atoms with Crippen LogP contribution in [0, 0.1) is 12.3 Å². The summed E-state index contributed by atoms with van der Waals surface area (Å²) in [5.74, 6) is -0.445. The highest BCUT2D eigenvalue weighted by atomic mass is 31.2. The number of terminal acetylenes is 1. The Hall–Kier alpha value is -3.83. The molecule has 2 amide bonds. The smallest absolute Gasteiger partial charge is 0.325 e. The van der Waals surface area contributed by atoms with Gasteiger partial charge in [-0.3, -0.25) is 18.9 Å². The zero-order valence-electron chi connectivity index (χ0n) is 23.3. The van der Waals surface area contributed by atoms with Gasteiger partial charge in [-0.1, -0.05) is 0 Å². The molecule has 0 unspecified atom stereocenters. The van der Waals surface area contributed by atoms with Crippen LogP contribution in [0.1, 0.15) is 46.5 Å². The molecule has 1 heterocycles. The van der Waals surface area contributed by atoms with Crippen LogP contribution in [-0.2, 0) is 37.9 Å². The summed E-state index contributed by atoms with van der Waals surface area (Å²) in [6, 6.07) is 3.22. The lowest BCUT2D eigenvalue weighted by Crippen LogP contribution is -2.62. The van der Waals surface area contributed by atoms with E-state index in [1.165, 1.54) is 12.1 Å². The second-order valence-electron chi connectivity index (χ2n) is 9.28. The molecular weight excluding hydrogens is 579 g/mol. The summed E-state index contributed by atoms with van der Waals surface area (Å²) in [5.41, 5.74) is 0.0387. The summed E-state index contributed by atoms with van der Waals surface area (Å²) >= 11 is 0. The van der Waals surface area contributed by atoms with Gasteiger partial charge in [-0.2, -0.15) is 0 Å². The molecule has 0 bridgehead atoms. The van der Waals surface area contributed by atoms with E-state index in [1.807, 2.05) is 0 Å². The second kappa shape index (κ2) is 16.0. The predicted octanol–water partition coefficient (Wildman–Crippen LogP) is 1.78. The monoisotopic (exact) mass is 614 g/mol. The molecule has 232 valence electrons. The number of phenols is 1. The number of anilines is 1. The molecular formula is C26H35N2O13P. The van der Waals surface area contributed by atoms with Gasteiger partial charge in [0.2, 0.25) is 12.4 Å². The van der Waals surface area contributed by atoms with Crippen LogP contribution in [0.2, 0.25) is 0 Å². The average Bonchev–Trinajstić information content (AvgIpc) is 2.86. The van der Waals surface area contributed by atoms with Crippen LogP contribution in [0.4, 0.5) is 10.5 Å². The molecule has 1 aromatic carbocycles. The molecule has 1 aliphatic heterocycles. The topological polar surface area (TPSA) is 216 Å². The van der Waals surface area contributed by atoms with Crippen molar-refractivity contribution in [3.8, 4) is 23.8 Å². The second-order valence-corrected chi connectivity index (χ2v) is 11.1. The highest BCUT2D eigenvalue weighted by molar-refractivity contribution is 7.51. The Morgan fingerprint density at radius 2 is 1.62 bits per heavy atom. The van der Waals surface area contributed by atoms with E-state index in [2.05, 4.69) is 16.6 Å². The Kier molecular flexibility index (Phi) is 13.1. The number of benzene rings is 1. The number of hydrogen-bond donors (Lipinski definition) is 5. The number of hydrogen-bond acceptors (Lipinski definition) is 11. The van der Waals surface area contributed by atoms with Crippen molar-refractivity contribution in [3.63, 3.8) is 0 Å². The van der Waals surface area contributed by atoms with E-state index < -0.39 is 74.2 Å². The van der Waals surface area contributed by atoms with E-state index in [0.717, 1.165) is 33.3 Å². The van der Waals surface area contributed by atoms with Gasteiger partial charge in [-0.15, -0.1) is 12.3 Å². The fourth-order valence-corrected chi connectivity index (χ4v) is 4.61. The largest absolute Gasteiger partial charge is 0.506 e. The van der Waals surface area contributed by atoms with Gasteiger partial charge in [0, 0.05) is 39.8 Å². The SMILES string of the molecule is C#CCCCCNC(=O)Nc1ccc(O[C@H]2O[C@H](CCP(=O)(O)O)[C@@H](OC(C)=O)[C@H](OC(C)=O)[C@@H]2OC(C)=O)cc1O. The minimum absolute atomic E-state index is 0.0387. The molecule has 0 spiro atoms. The minimum atomic E-state index is -4.54. The molecule has 0 aromatic heterocycles. The van der Waals surface area contributed by atoms with Crippen LogP contribution >= 0.6 is 7.60 Å². The minimum Gasteiger partial charge on any atom is -0.506 e. The summed E-state index contributed by atoms with van der Waals surface area (Å²) in [5, 5.41) is 15.6. The van der Waals surface area contributed by atoms with Crippen molar-refractivity contribution in [2.24, 2.45) is 0 Å². The van der Waals surface area contributed by atoms with Crippen molar-refractivity contribution in [3.05, 3.63) is 18.2 Å². The third kappa shape index (κ3) is 11.6. The quantitative estimate of drug-likeness (QED) is 0.0535. The molecule has 15 nitrogen and oxygen atoms in total. The molecule has 1 aromatic rings. The maximum atomic E-state index is 12.1. The maximum Gasteiger partial charge on any atom is 0.325 e. The van der Waals surface area contributed by atoms with Gasteiger partial charge in [0.1, 0.15) is 17.6 Å². The van der Waals surface area contributed by atoms with E-state index in [9.17, 15) is 38.6 Å². The number of carbonyl (C=O) groups excluding carboxylic acids is 4. The molecule has 1 aliphatic rings. The number of ether oxygens (including phenoxy) is 5. The average molecular weight is 615 g/mol. The number of carbonyl (C=O) groups is 4. The Balaban J connectivity index is 2.31. The maximum absolute atomic E-state index is 12.1. The van der Waals surface area contributed by atoms with E-state index in [-0.39, 0.29) is 17.9 Å². The fraction of sp³-hybridized carbons (Fsp3) is 0.538. The van der Waals surface area contributed by atoms with Crippen molar-refractivity contribution >= 4 is 37.2 Å². The van der Waals surface area contributed by atoms with E-state index in [0.29, 0.717) is 19.4 Å². The molecule has 2 rings (SSSR count). The molecule has 42 heavy (non-hydrogen) atoms. The molecule has 16 heteroatoms. The molecule has 1 saturated heterocycles. The molecule has 1 fully saturated rings. The molecule has 0 radical (unpaired) electrons. The predicted molar refractivity (Wildman–Crippen MR) is 145 cm³/mol. The van der Waals surface area contributed by atoms with Crippen LogP contribution < -0.4 is 15.4 Å². The van der Waals surface area contributed by atoms with Gasteiger partial charge < -0.3 is 49.2 Å². The van der Waals surface area contributed by atoms with E-state index >= 15 is 0 Å². The lowest BCUT2D eigenvalue weighted by atomic mass is 9.96. The Morgan fingerprint density at radius 3 is 2.19 bits per heavy atom.